The Morgan fingerprint density at radius 2 is 1.67 bits per heavy atom. The molecule has 0 unspecified atom stereocenters. The molecule has 4 rings (SSSR count). The summed E-state index contributed by atoms with van der Waals surface area (Å²) in [6.07, 6.45) is 8.77. The number of sulfone groups is 1. The fraction of sp³-hybridized carbons (Fsp3) is 0.731. The van der Waals surface area contributed by atoms with E-state index < -0.39 is 14.6 Å². The molecule has 1 aromatic rings. The van der Waals surface area contributed by atoms with Gasteiger partial charge in [-0.15, -0.1) is 0 Å². The van der Waals surface area contributed by atoms with Crippen LogP contribution in [0.25, 0.3) is 0 Å². The lowest BCUT2D eigenvalue weighted by molar-refractivity contribution is 0.0159. The van der Waals surface area contributed by atoms with Gasteiger partial charge in [0.2, 0.25) is 0 Å². The molecule has 1 spiro atoms. The summed E-state index contributed by atoms with van der Waals surface area (Å²) in [7, 11) is 1.05. The molecule has 1 aliphatic heterocycles. The van der Waals surface area contributed by atoms with E-state index in [2.05, 4.69) is 54.2 Å². The maximum atomic E-state index is 13.7. The van der Waals surface area contributed by atoms with E-state index in [9.17, 15) is 13.2 Å². The minimum atomic E-state index is -3.27. The first kappa shape index (κ1) is 24.5. The van der Waals surface area contributed by atoms with Crippen LogP contribution in [0.2, 0.25) is 0 Å². The van der Waals surface area contributed by atoms with Gasteiger partial charge in [0, 0.05) is 31.4 Å². The van der Waals surface area contributed by atoms with Gasteiger partial charge in [-0.25, -0.2) is 13.2 Å². The van der Waals surface area contributed by atoms with Gasteiger partial charge in [-0.1, -0.05) is 36.8 Å². The molecule has 0 bridgehead atoms. The van der Waals surface area contributed by atoms with Gasteiger partial charge in [0.15, 0.2) is 9.84 Å². The molecule has 2 amide bonds. The second kappa shape index (κ2) is 8.56. The van der Waals surface area contributed by atoms with Crippen LogP contribution in [0.4, 0.5) is 4.79 Å². The van der Waals surface area contributed by atoms with Gasteiger partial charge >= 0.3 is 6.03 Å². The van der Waals surface area contributed by atoms with Crippen LogP contribution in [0, 0.1) is 5.92 Å². The monoisotopic (exact) mass is 475 g/mol. The summed E-state index contributed by atoms with van der Waals surface area (Å²) in [5, 5.41) is 0. The van der Waals surface area contributed by atoms with Gasteiger partial charge < -0.3 is 9.80 Å². The predicted molar refractivity (Wildman–Crippen MR) is 133 cm³/mol. The number of urea groups is 1. The Morgan fingerprint density at radius 1 is 1.06 bits per heavy atom. The Morgan fingerprint density at radius 3 is 2.15 bits per heavy atom. The van der Waals surface area contributed by atoms with Crippen LogP contribution >= 0.6 is 0 Å². The van der Waals surface area contributed by atoms with Crippen LogP contribution in [0.3, 0.4) is 0 Å². The number of nitrogens with zero attached hydrogens (tertiary/aromatic N) is 3. The SMILES string of the molecule is CN(C)[C@]1(c2ccccc2)CC[C@]2(CC1)CN(CC(C)(C)S(C)(=O)=O)C(=O)N2CC1CCC1. The zero-order valence-corrected chi connectivity index (χ0v) is 21.8. The molecule has 1 saturated heterocycles. The minimum absolute atomic E-state index is 0.0306. The van der Waals surface area contributed by atoms with Gasteiger partial charge in [-0.3, -0.25) is 4.90 Å². The van der Waals surface area contributed by atoms with Crippen molar-refractivity contribution in [2.75, 3.05) is 40.0 Å². The van der Waals surface area contributed by atoms with Gasteiger partial charge in [0.25, 0.3) is 0 Å². The summed E-state index contributed by atoms with van der Waals surface area (Å²) >= 11 is 0. The second-order valence-electron chi connectivity index (χ2n) is 11.6. The average molecular weight is 476 g/mol. The predicted octanol–water partition coefficient (Wildman–Crippen LogP) is 4.12. The Hall–Kier alpha value is -1.60. The molecule has 3 fully saturated rings. The van der Waals surface area contributed by atoms with E-state index in [1.165, 1.54) is 31.1 Å². The quantitative estimate of drug-likeness (QED) is 0.595. The molecule has 3 aliphatic rings. The summed E-state index contributed by atoms with van der Waals surface area (Å²) in [6.45, 7) is 5.18. The number of hydrogen-bond donors (Lipinski definition) is 0. The third-order valence-electron chi connectivity index (χ3n) is 8.98. The average Bonchev–Trinajstić information content (AvgIpc) is 2.95. The fourth-order valence-electron chi connectivity index (χ4n) is 6.09. The Balaban J connectivity index is 1.61. The van der Waals surface area contributed by atoms with Crippen molar-refractivity contribution in [1.29, 1.82) is 0 Å². The summed E-state index contributed by atoms with van der Waals surface area (Å²) in [6, 6.07) is 10.8. The molecule has 2 saturated carbocycles. The first-order valence-corrected chi connectivity index (χ1v) is 14.3. The second-order valence-corrected chi connectivity index (χ2v) is 14.2. The molecular weight excluding hydrogens is 434 g/mol. The molecular formula is C26H41N3O3S. The molecule has 0 radical (unpaired) electrons. The van der Waals surface area contributed by atoms with E-state index in [0.29, 0.717) is 12.5 Å². The molecule has 0 aromatic heterocycles. The molecule has 33 heavy (non-hydrogen) atoms. The Labute approximate surface area is 200 Å². The normalized spacial score (nSPS) is 29.2. The lowest BCUT2D eigenvalue weighted by Gasteiger charge is -2.51. The van der Waals surface area contributed by atoms with Crippen LogP contribution in [0.1, 0.15) is 64.4 Å². The highest BCUT2D eigenvalue weighted by Gasteiger charge is 2.55. The lowest BCUT2D eigenvalue weighted by Crippen LogP contribution is -2.56. The molecule has 7 heteroatoms. The van der Waals surface area contributed by atoms with Gasteiger partial charge in [0.05, 0.1) is 10.3 Å². The summed E-state index contributed by atoms with van der Waals surface area (Å²) in [5.74, 6) is 0.586. The number of carbonyl (C=O) groups excluding carboxylic acids is 1. The summed E-state index contributed by atoms with van der Waals surface area (Å²) in [5.41, 5.74) is 1.11. The van der Waals surface area contributed by atoms with Gasteiger partial charge in [-0.2, -0.15) is 0 Å². The molecule has 0 atom stereocenters. The zero-order valence-electron chi connectivity index (χ0n) is 21.0. The topological polar surface area (TPSA) is 60.9 Å². The minimum Gasteiger partial charge on any atom is -0.321 e. The largest absolute Gasteiger partial charge is 0.321 e. The molecule has 1 heterocycles. The van der Waals surface area contributed by atoms with E-state index >= 15 is 0 Å². The lowest BCUT2D eigenvalue weighted by atomic mass is 9.68. The van der Waals surface area contributed by atoms with Crippen molar-refractivity contribution in [3.63, 3.8) is 0 Å². The van der Waals surface area contributed by atoms with E-state index in [-0.39, 0.29) is 23.7 Å². The van der Waals surface area contributed by atoms with Crippen LogP contribution in [0.15, 0.2) is 30.3 Å². The summed E-state index contributed by atoms with van der Waals surface area (Å²) < 4.78 is 23.8. The molecule has 1 aromatic carbocycles. The first-order chi connectivity index (χ1) is 15.4. The van der Waals surface area contributed by atoms with Crippen molar-refractivity contribution in [2.45, 2.75) is 74.6 Å². The van der Waals surface area contributed by atoms with Crippen molar-refractivity contribution < 1.29 is 13.2 Å². The van der Waals surface area contributed by atoms with E-state index in [1.54, 1.807) is 13.8 Å². The summed E-state index contributed by atoms with van der Waals surface area (Å²) in [4.78, 5) is 20.0. The zero-order chi connectivity index (χ0) is 24.1. The molecule has 0 N–H and O–H groups in total. The van der Waals surface area contributed by atoms with E-state index in [4.69, 9.17) is 0 Å². The van der Waals surface area contributed by atoms with Crippen LogP contribution < -0.4 is 0 Å². The van der Waals surface area contributed by atoms with Gasteiger partial charge in [-0.05, 0) is 77.9 Å². The number of hydrogen-bond acceptors (Lipinski definition) is 4. The highest BCUT2D eigenvalue weighted by Crippen LogP contribution is 2.49. The van der Waals surface area contributed by atoms with Crippen molar-refractivity contribution in [1.82, 2.24) is 14.7 Å². The van der Waals surface area contributed by atoms with Crippen molar-refractivity contribution >= 4 is 15.9 Å². The number of benzene rings is 1. The maximum Gasteiger partial charge on any atom is 0.320 e. The number of carbonyl (C=O) groups is 1. The highest BCUT2D eigenvalue weighted by molar-refractivity contribution is 7.92. The van der Waals surface area contributed by atoms with E-state index in [0.717, 1.165) is 32.2 Å². The molecule has 6 nitrogen and oxygen atoms in total. The third-order valence-corrected chi connectivity index (χ3v) is 11.1. The molecule has 2 aliphatic carbocycles. The third kappa shape index (κ3) is 4.31. The number of rotatable bonds is 7. The van der Waals surface area contributed by atoms with E-state index in [1.807, 2.05) is 4.90 Å². The van der Waals surface area contributed by atoms with Crippen LogP contribution in [0.5, 0.6) is 0 Å². The fourth-order valence-corrected chi connectivity index (χ4v) is 6.48. The van der Waals surface area contributed by atoms with Crippen LogP contribution in [-0.4, -0.2) is 79.4 Å². The van der Waals surface area contributed by atoms with Gasteiger partial charge in [0.1, 0.15) is 0 Å². The standard InChI is InChI=1S/C26H41N3O3S/c1-24(2,33(5,31)32)19-28-20-25(29(23(28)30)18-21-10-9-11-21)14-16-26(17-15-25,27(3)4)22-12-7-6-8-13-22/h6-8,12-13,21H,9-11,14-20H2,1-5H3/t25-,26+. The maximum absolute atomic E-state index is 13.7. The van der Waals surface area contributed by atoms with Crippen LogP contribution in [-0.2, 0) is 15.4 Å². The Kier molecular flexibility index (Phi) is 6.36. The smallest absolute Gasteiger partial charge is 0.320 e. The van der Waals surface area contributed by atoms with Crippen molar-refractivity contribution in [3.8, 4) is 0 Å². The highest BCUT2D eigenvalue weighted by atomic mass is 32.2. The number of amides is 2. The van der Waals surface area contributed by atoms with Crippen molar-refractivity contribution in [2.24, 2.45) is 5.92 Å². The Bertz CT molecular complexity index is 962. The molecule has 184 valence electrons. The first-order valence-electron chi connectivity index (χ1n) is 12.4. The van der Waals surface area contributed by atoms with Crippen molar-refractivity contribution in [3.05, 3.63) is 35.9 Å².